The molecule has 0 aliphatic carbocycles. The quantitative estimate of drug-likeness (QED) is 0.860. The van der Waals surface area contributed by atoms with E-state index in [1.54, 1.807) is 0 Å². The van der Waals surface area contributed by atoms with Crippen molar-refractivity contribution in [2.24, 2.45) is 5.92 Å². The third-order valence-electron chi connectivity index (χ3n) is 2.59. The monoisotopic (exact) mass is 282 g/mol. The van der Waals surface area contributed by atoms with Crippen molar-refractivity contribution < 1.29 is 23.5 Å². The summed E-state index contributed by atoms with van der Waals surface area (Å²) in [7, 11) is 0. The highest BCUT2D eigenvalue weighted by molar-refractivity contribution is 5.96. The van der Waals surface area contributed by atoms with E-state index in [0.717, 1.165) is 12.1 Å². The van der Waals surface area contributed by atoms with Crippen LogP contribution in [0, 0.1) is 28.9 Å². The van der Waals surface area contributed by atoms with Gasteiger partial charge in [0.25, 0.3) is 5.91 Å². The standard InChI is InChI=1S/C13H12F2N2O3/c1-7(6-16)4-11(13(19)20)17-12(18)9-3-2-8(14)5-10(9)15/h2-3,5,7,11H,4H2,1H3,(H,17,18)(H,19,20)/t7-,11+/m1/s1. The highest BCUT2D eigenvalue weighted by Crippen LogP contribution is 2.11. The number of nitrogens with zero attached hydrogens (tertiary/aromatic N) is 1. The van der Waals surface area contributed by atoms with Crippen molar-refractivity contribution >= 4 is 11.9 Å². The van der Waals surface area contributed by atoms with Gasteiger partial charge in [-0.3, -0.25) is 4.79 Å². The van der Waals surface area contributed by atoms with Crippen LogP contribution in [0.4, 0.5) is 8.78 Å². The molecule has 1 rings (SSSR count). The van der Waals surface area contributed by atoms with Gasteiger partial charge in [-0.1, -0.05) is 0 Å². The summed E-state index contributed by atoms with van der Waals surface area (Å²) in [5.74, 6) is -4.82. The minimum atomic E-state index is -1.33. The van der Waals surface area contributed by atoms with E-state index in [-0.39, 0.29) is 6.42 Å². The van der Waals surface area contributed by atoms with Crippen LogP contribution < -0.4 is 5.32 Å². The van der Waals surface area contributed by atoms with Gasteiger partial charge in [-0.15, -0.1) is 0 Å². The van der Waals surface area contributed by atoms with Crippen LogP contribution in [-0.2, 0) is 4.79 Å². The summed E-state index contributed by atoms with van der Waals surface area (Å²) in [4.78, 5) is 22.7. The van der Waals surface area contributed by atoms with Crippen LogP contribution in [0.1, 0.15) is 23.7 Å². The normalized spacial score (nSPS) is 13.1. The van der Waals surface area contributed by atoms with Gasteiger partial charge in [0.15, 0.2) is 0 Å². The Morgan fingerprint density at radius 1 is 1.45 bits per heavy atom. The summed E-state index contributed by atoms with van der Waals surface area (Å²) in [6.45, 7) is 1.50. The molecule has 0 aliphatic heterocycles. The Hall–Kier alpha value is -2.49. The molecule has 0 radical (unpaired) electrons. The fraction of sp³-hybridized carbons (Fsp3) is 0.308. The number of aliphatic carboxylic acids is 1. The number of halogens is 2. The van der Waals surface area contributed by atoms with Gasteiger partial charge in [-0.25, -0.2) is 13.6 Å². The van der Waals surface area contributed by atoms with E-state index in [4.69, 9.17) is 10.4 Å². The first-order valence-electron chi connectivity index (χ1n) is 5.73. The van der Waals surface area contributed by atoms with Crippen molar-refractivity contribution in [1.82, 2.24) is 5.32 Å². The number of nitriles is 1. The SMILES string of the molecule is C[C@@H](C#N)C[C@H](NC(=O)c1ccc(F)cc1F)C(=O)O. The molecule has 106 valence electrons. The van der Waals surface area contributed by atoms with Crippen molar-refractivity contribution in [1.29, 1.82) is 5.26 Å². The Morgan fingerprint density at radius 3 is 2.60 bits per heavy atom. The number of carbonyl (C=O) groups is 2. The molecule has 1 aromatic carbocycles. The summed E-state index contributed by atoms with van der Waals surface area (Å²) < 4.78 is 26.1. The average Bonchev–Trinajstić information content (AvgIpc) is 2.37. The van der Waals surface area contributed by atoms with E-state index in [0.29, 0.717) is 6.07 Å². The van der Waals surface area contributed by atoms with Gasteiger partial charge in [0, 0.05) is 12.0 Å². The topological polar surface area (TPSA) is 90.2 Å². The lowest BCUT2D eigenvalue weighted by atomic mass is 10.0. The maximum atomic E-state index is 13.4. The largest absolute Gasteiger partial charge is 0.480 e. The van der Waals surface area contributed by atoms with Crippen LogP contribution in [0.5, 0.6) is 0 Å². The van der Waals surface area contributed by atoms with Crippen LogP contribution in [0.25, 0.3) is 0 Å². The number of hydrogen-bond donors (Lipinski definition) is 2. The zero-order valence-corrected chi connectivity index (χ0v) is 10.6. The minimum Gasteiger partial charge on any atom is -0.480 e. The van der Waals surface area contributed by atoms with Crippen molar-refractivity contribution in [3.63, 3.8) is 0 Å². The van der Waals surface area contributed by atoms with Gasteiger partial charge in [-0.05, 0) is 25.5 Å². The van der Waals surface area contributed by atoms with Crippen molar-refractivity contribution in [3.05, 3.63) is 35.4 Å². The number of rotatable bonds is 5. The molecule has 2 N–H and O–H groups in total. The summed E-state index contributed by atoms with van der Waals surface area (Å²) in [6, 6.07) is 2.87. The van der Waals surface area contributed by atoms with Gasteiger partial charge in [0.05, 0.1) is 11.6 Å². The molecule has 7 heteroatoms. The first-order valence-corrected chi connectivity index (χ1v) is 5.73. The molecule has 2 atom stereocenters. The van der Waals surface area contributed by atoms with Gasteiger partial charge in [0.2, 0.25) is 0 Å². The molecular formula is C13H12F2N2O3. The Labute approximate surface area is 113 Å². The molecule has 0 bridgehead atoms. The number of carbonyl (C=O) groups excluding carboxylic acids is 1. The molecule has 0 heterocycles. The van der Waals surface area contributed by atoms with Crippen LogP contribution in [0.3, 0.4) is 0 Å². The molecule has 5 nitrogen and oxygen atoms in total. The van der Waals surface area contributed by atoms with E-state index in [9.17, 15) is 18.4 Å². The second-order valence-corrected chi connectivity index (χ2v) is 4.25. The zero-order chi connectivity index (χ0) is 15.3. The molecule has 0 aliphatic rings. The first kappa shape index (κ1) is 15.6. The second-order valence-electron chi connectivity index (χ2n) is 4.25. The van der Waals surface area contributed by atoms with E-state index in [1.807, 2.05) is 6.07 Å². The van der Waals surface area contributed by atoms with Crippen LogP contribution in [0.2, 0.25) is 0 Å². The Kier molecular flexibility index (Phi) is 5.15. The molecule has 0 spiro atoms. The molecule has 1 amide bonds. The zero-order valence-electron chi connectivity index (χ0n) is 10.6. The van der Waals surface area contributed by atoms with Crippen molar-refractivity contribution in [2.45, 2.75) is 19.4 Å². The molecule has 0 unspecified atom stereocenters. The second kappa shape index (κ2) is 6.61. The molecule has 0 saturated carbocycles. The third-order valence-corrected chi connectivity index (χ3v) is 2.59. The lowest BCUT2D eigenvalue weighted by molar-refractivity contribution is -0.139. The summed E-state index contributed by atoms with van der Waals surface area (Å²) in [6.07, 6.45) is -0.111. The lowest BCUT2D eigenvalue weighted by Gasteiger charge is -2.15. The molecule has 1 aromatic rings. The predicted octanol–water partition coefficient (Wildman–Crippen LogP) is 1.70. The van der Waals surface area contributed by atoms with Crippen LogP contribution in [-0.4, -0.2) is 23.0 Å². The number of nitrogens with one attached hydrogen (secondary N) is 1. The Bertz CT molecular complexity index is 569. The van der Waals surface area contributed by atoms with Gasteiger partial charge in [0.1, 0.15) is 17.7 Å². The Balaban J connectivity index is 2.86. The number of amides is 1. The average molecular weight is 282 g/mol. The maximum Gasteiger partial charge on any atom is 0.326 e. The minimum absolute atomic E-state index is 0.111. The lowest BCUT2D eigenvalue weighted by Crippen LogP contribution is -2.42. The predicted molar refractivity (Wildman–Crippen MR) is 64.6 cm³/mol. The molecule has 0 aromatic heterocycles. The van der Waals surface area contributed by atoms with E-state index in [2.05, 4.69) is 5.32 Å². The fourth-order valence-corrected chi connectivity index (χ4v) is 1.54. The van der Waals surface area contributed by atoms with E-state index < -0.39 is 41.0 Å². The summed E-state index contributed by atoms with van der Waals surface area (Å²) in [5.41, 5.74) is -0.456. The van der Waals surface area contributed by atoms with Crippen LogP contribution in [0.15, 0.2) is 18.2 Å². The van der Waals surface area contributed by atoms with E-state index in [1.165, 1.54) is 6.92 Å². The van der Waals surface area contributed by atoms with Crippen molar-refractivity contribution in [2.75, 3.05) is 0 Å². The number of carboxylic acid groups (broad SMARTS) is 1. The van der Waals surface area contributed by atoms with E-state index >= 15 is 0 Å². The third kappa shape index (κ3) is 4.02. The number of carboxylic acids is 1. The smallest absolute Gasteiger partial charge is 0.326 e. The molecule has 20 heavy (non-hydrogen) atoms. The number of hydrogen-bond acceptors (Lipinski definition) is 3. The Morgan fingerprint density at radius 2 is 2.10 bits per heavy atom. The summed E-state index contributed by atoms with van der Waals surface area (Å²) in [5, 5.41) is 19.7. The summed E-state index contributed by atoms with van der Waals surface area (Å²) >= 11 is 0. The van der Waals surface area contributed by atoms with Gasteiger partial charge < -0.3 is 10.4 Å². The van der Waals surface area contributed by atoms with Gasteiger partial charge in [-0.2, -0.15) is 5.26 Å². The number of benzene rings is 1. The first-order chi connectivity index (χ1) is 9.35. The highest BCUT2D eigenvalue weighted by atomic mass is 19.1. The van der Waals surface area contributed by atoms with Crippen molar-refractivity contribution in [3.8, 4) is 6.07 Å². The molecular weight excluding hydrogens is 270 g/mol. The fourth-order valence-electron chi connectivity index (χ4n) is 1.54. The van der Waals surface area contributed by atoms with Gasteiger partial charge >= 0.3 is 5.97 Å². The highest BCUT2D eigenvalue weighted by Gasteiger charge is 2.24. The van der Waals surface area contributed by atoms with Crippen LogP contribution >= 0.6 is 0 Å². The molecule has 0 fully saturated rings. The molecule has 0 saturated heterocycles. The maximum absolute atomic E-state index is 13.4.